The predicted molar refractivity (Wildman–Crippen MR) is 115 cm³/mol. The molecule has 1 saturated heterocycles. The van der Waals surface area contributed by atoms with Crippen molar-refractivity contribution in [2.24, 2.45) is 16.1 Å². The van der Waals surface area contributed by atoms with E-state index in [4.69, 9.17) is 5.73 Å². The van der Waals surface area contributed by atoms with E-state index in [1.165, 1.54) is 18.2 Å². The summed E-state index contributed by atoms with van der Waals surface area (Å²) in [5, 5.41) is 17.2. The van der Waals surface area contributed by atoms with Gasteiger partial charge in [-0.2, -0.15) is 5.26 Å². The van der Waals surface area contributed by atoms with Crippen LogP contribution < -0.4 is 11.1 Å². The lowest BCUT2D eigenvalue weighted by atomic mass is 9.64. The Kier molecular flexibility index (Phi) is 5.48. The van der Waals surface area contributed by atoms with Gasteiger partial charge in [0.05, 0.1) is 22.4 Å². The SMILES string of the molecule is CC1=CSC(=C2C(N)=NC(SCC(=O)N3CCC3)=C(C#N)C23CCCCC3)N1. The minimum absolute atomic E-state index is 0.115. The Bertz CT molecular complexity index is 854. The van der Waals surface area contributed by atoms with E-state index in [1.54, 1.807) is 11.8 Å². The second-order valence-electron chi connectivity index (χ2n) is 7.70. The number of allylic oxidation sites excluding steroid dienone is 2. The summed E-state index contributed by atoms with van der Waals surface area (Å²) in [5.41, 5.74) is 8.83. The Morgan fingerprint density at radius 1 is 1.39 bits per heavy atom. The minimum Gasteiger partial charge on any atom is -0.383 e. The van der Waals surface area contributed by atoms with Gasteiger partial charge in [-0.15, -0.1) is 0 Å². The van der Waals surface area contributed by atoms with E-state index in [-0.39, 0.29) is 5.91 Å². The van der Waals surface area contributed by atoms with Crippen LogP contribution in [0.4, 0.5) is 0 Å². The van der Waals surface area contributed by atoms with Gasteiger partial charge in [0.15, 0.2) is 0 Å². The molecule has 0 unspecified atom stereocenters. The molecule has 3 heterocycles. The molecule has 4 rings (SSSR count). The molecule has 3 N–H and O–H groups in total. The van der Waals surface area contributed by atoms with Crippen LogP contribution in [0.15, 0.2) is 37.3 Å². The van der Waals surface area contributed by atoms with Crippen molar-refractivity contribution in [1.29, 1.82) is 5.26 Å². The fraction of sp³-hybridized carbons (Fsp3) is 0.550. The van der Waals surface area contributed by atoms with Crippen molar-refractivity contribution < 1.29 is 4.79 Å². The smallest absolute Gasteiger partial charge is 0.232 e. The van der Waals surface area contributed by atoms with Gasteiger partial charge in [0.25, 0.3) is 0 Å². The zero-order chi connectivity index (χ0) is 19.7. The molecule has 1 saturated carbocycles. The quantitative estimate of drug-likeness (QED) is 0.733. The number of nitrogens with zero attached hydrogens (tertiary/aromatic N) is 3. The number of amidine groups is 1. The highest BCUT2D eigenvalue weighted by atomic mass is 32.2. The average molecular weight is 416 g/mol. The van der Waals surface area contributed by atoms with Crippen molar-refractivity contribution >= 4 is 35.3 Å². The van der Waals surface area contributed by atoms with Crippen LogP contribution in [0, 0.1) is 16.7 Å². The number of hydrogen-bond acceptors (Lipinski definition) is 7. The van der Waals surface area contributed by atoms with E-state index in [2.05, 4.69) is 21.8 Å². The van der Waals surface area contributed by atoms with E-state index in [0.717, 1.165) is 61.5 Å². The van der Waals surface area contributed by atoms with E-state index in [1.807, 2.05) is 11.8 Å². The molecule has 28 heavy (non-hydrogen) atoms. The maximum Gasteiger partial charge on any atom is 0.232 e. The molecule has 0 aromatic carbocycles. The van der Waals surface area contributed by atoms with Gasteiger partial charge in [-0.05, 0) is 31.6 Å². The lowest BCUT2D eigenvalue weighted by molar-refractivity contribution is -0.131. The molecule has 3 aliphatic heterocycles. The van der Waals surface area contributed by atoms with Gasteiger partial charge in [-0.25, -0.2) is 4.99 Å². The molecule has 0 bridgehead atoms. The van der Waals surface area contributed by atoms with Crippen molar-refractivity contribution in [3.63, 3.8) is 0 Å². The third-order valence-corrected chi connectivity index (χ3v) is 7.87. The first-order valence-electron chi connectivity index (χ1n) is 9.80. The van der Waals surface area contributed by atoms with Crippen LogP contribution in [0.3, 0.4) is 0 Å². The second kappa shape index (κ2) is 7.88. The van der Waals surface area contributed by atoms with Crippen LogP contribution in [0.25, 0.3) is 0 Å². The molecule has 0 aromatic rings. The Labute approximate surface area is 174 Å². The van der Waals surface area contributed by atoms with Crippen LogP contribution in [0.1, 0.15) is 45.4 Å². The zero-order valence-corrected chi connectivity index (χ0v) is 17.7. The Morgan fingerprint density at radius 2 is 2.14 bits per heavy atom. The van der Waals surface area contributed by atoms with Gasteiger partial charge in [0.2, 0.25) is 5.91 Å². The minimum atomic E-state index is -0.394. The number of carbonyl (C=O) groups excluding carboxylic acids is 1. The monoisotopic (exact) mass is 415 g/mol. The molecule has 6 nitrogen and oxygen atoms in total. The lowest BCUT2D eigenvalue weighted by Crippen LogP contribution is -2.43. The van der Waals surface area contributed by atoms with Crippen molar-refractivity contribution in [1.82, 2.24) is 10.2 Å². The van der Waals surface area contributed by atoms with Crippen LogP contribution in [0.5, 0.6) is 0 Å². The third-order valence-electron chi connectivity index (χ3n) is 5.90. The van der Waals surface area contributed by atoms with Crippen molar-refractivity contribution in [3.8, 4) is 6.07 Å². The van der Waals surface area contributed by atoms with E-state index >= 15 is 0 Å². The number of rotatable bonds is 3. The molecular weight excluding hydrogens is 390 g/mol. The fourth-order valence-electron chi connectivity index (χ4n) is 4.34. The Morgan fingerprint density at radius 3 is 2.71 bits per heavy atom. The molecule has 0 aromatic heterocycles. The van der Waals surface area contributed by atoms with E-state index in [0.29, 0.717) is 22.2 Å². The third kappa shape index (κ3) is 3.35. The largest absolute Gasteiger partial charge is 0.383 e. The van der Waals surface area contributed by atoms with Crippen LogP contribution in [0.2, 0.25) is 0 Å². The first kappa shape index (κ1) is 19.5. The van der Waals surface area contributed by atoms with Crippen molar-refractivity contribution in [3.05, 3.63) is 32.3 Å². The number of hydrogen-bond donors (Lipinski definition) is 2. The summed E-state index contributed by atoms with van der Waals surface area (Å²) in [6.45, 7) is 3.70. The molecule has 1 spiro atoms. The zero-order valence-electron chi connectivity index (χ0n) is 16.1. The molecule has 2 fully saturated rings. The Hall–Kier alpha value is -1.85. The summed E-state index contributed by atoms with van der Waals surface area (Å²) in [5.74, 6) is 0.912. The van der Waals surface area contributed by atoms with Crippen molar-refractivity contribution in [2.75, 3.05) is 18.8 Å². The standard InChI is InChI=1S/C20H25N5OS2/c1-13-11-27-19(23-13)16-17(22)24-18(28-12-15(26)25-8-5-9-25)14(10-21)20(16)6-3-2-4-7-20/h11,23H,2-9,12H2,1H3,(H2,22,24). The molecule has 8 heteroatoms. The topological polar surface area (TPSA) is 94.5 Å². The highest BCUT2D eigenvalue weighted by Gasteiger charge is 2.47. The highest BCUT2D eigenvalue weighted by molar-refractivity contribution is 8.06. The lowest BCUT2D eigenvalue weighted by Gasteiger charge is -2.42. The Balaban J connectivity index is 1.70. The molecule has 1 amide bonds. The summed E-state index contributed by atoms with van der Waals surface area (Å²) >= 11 is 2.99. The molecule has 4 aliphatic rings. The molecule has 0 atom stereocenters. The molecule has 0 radical (unpaired) electrons. The molecule has 1 aliphatic carbocycles. The summed E-state index contributed by atoms with van der Waals surface area (Å²) < 4.78 is 0. The highest BCUT2D eigenvalue weighted by Crippen LogP contribution is 2.54. The maximum atomic E-state index is 12.3. The van der Waals surface area contributed by atoms with Crippen LogP contribution in [-0.4, -0.2) is 35.5 Å². The predicted octanol–water partition coefficient (Wildman–Crippen LogP) is 3.42. The van der Waals surface area contributed by atoms with E-state index in [9.17, 15) is 10.1 Å². The number of nitrogens with one attached hydrogen (secondary N) is 1. The van der Waals surface area contributed by atoms with Gasteiger partial charge in [0, 0.05) is 29.8 Å². The first-order valence-corrected chi connectivity index (χ1v) is 11.7. The van der Waals surface area contributed by atoms with Gasteiger partial charge >= 0.3 is 0 Å². The summed E-state index contributed by atoms with van der Waals surface area (Å²) in [6, 6.07) is 2.46. The van der Waals surface area contributed by atoms with Gasteiger partial charge in [0.1, 0.15) is 10.9 Å². The fourth-order valence-corrected chi connectivity index (χ4v) is 6.32. The van der Waals surface area contributed by atoms with Crippen LogP contribution in [-0.2, 0) is 4.79 Å². The number of thioether (sulfide) groups is 2. The molecular formula is C20H25N5OS2. The van der Waals surface area contributed by atoms with Gasteiger partial charge in [-0.1, -0.05) is 42.8 Å². The number of nitrogens with two attached hydrogens (primary N) is 1. The van der Waals surface area contributed by atoms with Gasteiger partial charge in [-0.3, -0.25) is 4.79 Å². The normalized spacial score (nSPS) is 26.4. The number of aliphatic imine (C=N–C) groups is 1. The summed E-state index contributed by atoms with van der Waals surface area (Å²) in [4.78, 5) is 18.8. The van der Waals surface area contributed by atoms with Gasteiger partial charge < -0.3 is 16.0 Å². The van der Waals surface area contributed by atoms with Crippen LogP contribution >= 0.6 is 23.5 Å². The second-order valence-corrected chi connectivity index (χ2v) is 9.55. The number of likely N-dealkylation sites (tertiary alicyclic amines) is 1. The number of amides is 1. The summed E-state index contributed by atoms with van der Waals surface area (Å²) in [6.07, 6.45) is 6.18. The number of carbonyl (C=O) groups is 1. The van der Waals surface area contributed by atoms with Crippen molar-refractivity contribution in [2.45, 2.75) is 45.4 Å². The summed E-state index contributed by atoms with van der Waals surface area (Å²) in [7, 11) is 0. The average Bonchev–Trinajstić information content (AvgIpc) is 3.05. The number of nitriles is 1. The maximum absolute atomic E-state index is 12.3. The molecule has 148 valence electrons. The van der Waals surface area contributed by atoms with E-state index < -0.39 is 5.41 Å². The first-order chi connectivity index (χ1) is 13.5.